The first-order valence-corrected chi connectivity index (χ1v) is 8.51. The summed E-state index contributed by atoms with van der Waals surface area (Å²) in [5.41, 5.74) is 8.85. The number of ether oxygens (including phenoxy) is 1. The Morgan fingerprint density at radius 1 is 1.26 bits per heavy atom. The molecule has 6 heteroatoms. The Morgan fingerprint density at radius 2 is 2.04 bits per heavy atom. The first-order valence-electron chi connectivity index (χ1n) is 6.99. The number of benzene rings is 2. The average Bonchev–Trinajstić information content (AvgIpc) is 2.60. The molecule has 23 heavy (non-hydrogen) atoms. The van der Waals surface area contributed by atoms with Crippen molar-refractivity contribution in [3.63, 3.8) is 0 Å². The van der Waals surface area contributed by atoms with Crippen molar-refractivity contribution in [3.05, 3.63) is 65.2 Å². The lowest BCUT2D eigenvalue weighted by Gasteiger charge is -2.05. The number of methoxy groups -OCH3 is 1. The second-order valence-corrected chi connectivity index (χ2v) is 5.92. The topological polar surface area (TPSA) is 60.0 Å². The molecule has 0 aliphatic heterocycles. The quantitative estimate of drug-likeness (QED) is 0.371. The van der Waals surface area contributed by atoms with Crippen molar-refractivity contribution in [1.29, 1.82) is 0 Å². The predicted octanol–water partition coefficient (Wildman–Crippen LogP) is 4.02. The summed E-state index contributed by atoms with van der Waals surface area (Å²) < 4.78 is 5.23. The van der Waals surface area contributed by atoms with Gasteiger partial charge >= 0.3 is 0 Å². The molecule has 4 nitrogen and oxygen atoms in total. The molecule has 0 saturated heterocycles. The van der Waals surface area contributed by atoms with Gasteiger partial charge in [-0.15, -0.1) is 16.7 Å². The lowest BCUT2D eigenvalue weighted by molar-refractivity contribution is 0.411. The highest BCUT2D eigenvalue weighted by Gasteiger charge is 2.02. The van der Waals surface area contributed by atoms with Crippen molar-refractivity contribution in [2.45, 2.75) is 11.6 Å². The van der Waals surface area contributed by atoms with Crippen LogP contribution in [0.25, 0.3) is 0 Å². The molecule has 0 aliphatic rings. The van der Waals surface area contributed by atoms with Gasteiger partial charge in [0.15, 0.2) is 5.17 Å². The van der Waals surface area contributed by atoms with Gasteiger partial charge in [-0.05, 0) is 29.3 Å². The third kappa shape index (κ3) is 5.62. The summed E-state index contributed by atoms with van der Waals surface area (Å²) in [6, 6.07) is 15.7. The zero-order chi connectivity index (χ0) is 16.5. The highest BCUT2D eigenvalue weighted by atomic mass is 35.5. The summed E-state index contributed by atoms with van der Waals surface area (Å²) in [5, 5.41) is 8.44. The molecule has 0 amide bonds. The van der Waals surface area contributed by atoms with Gasteiger partial charge in [-0.3, -0.25) is 0 Å². The maximum atomic E-state index is 5.89. The van der Waals surface area contributed by atoms with Crippen molar-refractivity contribution >= 4 is 34.7 Å². The molecule has 0 fully saturated rings. The fraction of sp³-hybridized carbons (Fsp3) is 0.176. The number of rotatable bonds is 6. The smallest absolute Gasteiger partial charge is 0.180 e. The van der Waals surface area contributed by atoms with E-state index in [1.165, 1.54) is 17.3 Å². The predicted molar refractivity (Wildman–Crippen MR) is 99.5 cm³/mol. The van der Waals surface area contributed by atoms with Crippen LogP contribution in [0.15, 0.2) is 58.7 Å². The van der Waals surface area contributed by atoms with Gasteiger partial charge in [-0.2, -0.15) is 5.10 Å². The summed E-state index contributed by atoms with van der Waals surface area (Å²) >= 11 is 7.34. The van der Waals surface area contributed by atoms with Crippen molar-refractivity contribution in [2.24, 2.45) is 15.9 Å². The van der Waals surface area contributed by atoms with Crippen LogP contribution in [0, 0.1) is 0 Å². The van der Waals surface area contributed by atoms with Crippen molar-refractivity contribution in [3.8, 4) is 5.75 Å². The highest BCUT2D eigenvalue weighted by molar-refractivity contribution is 8.13. The SMILES string of the molecule is COc1ccc(C=NN=C(N)SCc2ccccc2)cc1CCl. The van der Waals surface area contributed by atoms with Crippen LogP contribution in [0.4, 0.5) is 0 Å². The third-order valence-corrected chi connectivity index (χ3v) is 4.18. The summed E-state index contributed by atoms with van der Waals surface area (Å²) in [7, 11) is 1.62. The number of nitrogens with zero attached hydrogens (tertiary/aromatic N) is 2. The minimum absolute atomic E-state index is 0.378. The molecule has 0 unspecified atom stereocenters. The molecule has 120 valence electrons. The second-order valence-electron chi connectivity index (χ2n) is 4.66. The summed E-state index contributed by atoms with van der Waals surface area (Å²) in [6.07, 6.45) is 1.64. The van der Waals surface area contributed by atoms with Crippen LogP contribution in [0.5, 0.6) is 5.75 Å². The van der Waals surface area contributed by atoms with E-state index in [2.05, 4.69) is 22.3 Å². The minimum atomic E-state index is 0.378. The number of amidine groups is 1. The van der Waals surface area contributed by atoms with Crippen LogP contribution >= 0.6 is 23.4 Å². The van der Waals surface area contributed by atoms with Gasteiger partial charge in [0, 0.05) is 11.3 Å². The maximum Gasteiger partial charge on any atom is 0.180 e. The molecule has 0 saturated carbocycles. The Morgan fingerprint density at radius 3 is 2.74 bits per heavy atom. The van der Waals surface area contributed by atoms with Crippen LogP contribution in [0.2, 0.25) is 0 Å². The Labute approximate surface area is 145 Å². The molecule has 0 spiro atoms. The average molecular weight is 348 g/mol. The molecule has 0 radical (unpaired) electrons. The normalized spacial score (nSPS) is 11.8. The van der Waals surface area contributed by atoms with E-state index in [1.807, 2.05) is 36.4 Å². The molecule has 0 bridgehead atoms. The maximum absolute atomic E-state index is 5.89. The van der Waals surface area contributed by atoms with E-state index >= 15 is 0 Å². The number of alkyl halides is 1. The van der Waals surface area contributed by atoms with Gasteiger partial charge in [0.25, 0.3) is 0 Å². The molecular weight excluding hydrogens is 330 g/mol. The van der Waals surface area contributed by atoms with Crippen LogP contribution in [0.3, 0.4) is 0 Å². The van der Waals surface area contributed by atoms with E-state index in [-0.39, 0.29) is 0 Å². The molecule has 2 N–H and O–H groups in total. The van der Waals surface area contributed by atoms with Gasteiger partial charge in [-0.25, -0.2) is 0 Å². The number of nitrogens with two attached hydrogens (primary N) is 1. The van der Waals surface area contributed by atoms with E-state index < -0.39 is 0 Å². The van der Waals surface area contributed by atoms with E-state index in [1.54, 1.807) is 13.3 Å². The monoisotopic (exact) mass is 347 g/mol. The first kappa shape index (κ1) is 17.4. The van der Waals surface area contributed by atoms with Crippen molar-refractivity contribution in [1.82, 2.24) is 0 Å². The zero-order valence-electron chi connectivity index (χ0n) is 12.8. The van der Waals surface area contributed by atoms with E-state index in [0.29, 0.717) is 11.0 Å². The number of halogens is 1. The lowest BCUT2D eigenvalue weighted by Crippen LogP contribution is -2.06. The van der Waals surface area contributed by atoms with Gasteiger partial charge < -0.3 is 10.5 Å². The molecule has 0 atom stereocenters. The Hall–Kier alpha value is -1.98. The highest BCUT2D eigenvalue weighted by Crippen LogP contribution is 2.21. The Balaban J connectivity index is 1.94. The van der Waals surface area contributed by atoms with Crippen molar-refractivity contribution in [2.75, 3.05) is 7.11 Å². The minimum Gasteiger partial charge on any atom is -0.496 e. The first-order chi connectivity index (χ1) is 11.2. The fourth-order valence-corrected chi connectivity index (χ4v) is 2.72. The molecule has 0 heterocycles. The zero-order valence-corrected chi connectivity index (χ0v) is 14.3. The Kier molecular flexibility index (Phi) is 6.97. The van der Waals surface area contributed by atoms with Crippen LogP contribution in [0.1, 0.15) is 16.7 Å². The van der Waals surface area contributed by atoms with Gasteiger partial charge in [0.05, 0.1) is 19.2 Å². The lowest BCUT2D eigenvalue weighted by atomic mass is 10.1. The third-order valence-electron chi connectivity index (χ3n) is 3.04. The summed E-state index contributed by atoms with van der Waals surface area (Å²) in [6.45, 7) is 0. The van der Waals surface area contributed by atoms with E-state index in [4.69, 9.17) is 22.1 Å². The number of hydrogen-bond donors (Lipinski definition) is 1. The van der Waals surface area contributed by atoms with Crippen LogP contribution < -0.4 is 10.5 Å². The van der Waals surface area contributed by atoms with Crippen molar-refractivity contribution < 1.29 is 4.74 Å². The molecule has 2 aromatic carbocycles. The fourth-order valence-electron chi connectivity index (χ4n) is 1.90. The summed E-state index contributed by atoms with van der Waals surface area (Å²) in [4.78, 5) is 0. The van der Waals surface area contributed by atoms with Gasteiger partial charge in [-0.1, -0.05) is 42.1 Å². The molecular formula is C17H18ClN3OS. The largest absolute Gasteiger partial charge is 0.496 e. The molecule has 2 rings (SSSR count). The van der Waals surface area contributed by atoms with Gasteiger partial charge in [0.2, 0.25) is 0 Å². The van der Waals surface area contributed by atoms with Gasteiger partial charge in [0.1, 0.15) is 5.75 Å². The molecule has 0 aromatic heterocycles. The molecule has 0 aliphatic carbocycles. The standard InChI is InChI=1S/C17H18ClN3OS/c1-22-16-8-7-14(9-15(16)10-18)11-20-21-17(19)23-12-13-5-3-2-4-6-13/h2-9,11H,10,12H2,1H3,(H2,19,21). The van der Waals surface area contributed by atoms with Crippen LogP contribution in [-0.2, 0) is 11.6 Å². The summed E-state index contributed by atoms with van der Waals surface area (Å²) in [5.74, 6) is 1.91. The number of thioether (sulfide) groups is 1. The van der Waals surface area contributed by atoms with Crippen LogP contribution in [-0.4, -0.2) is 18.5 Å². The Bertz CT molecular complexity index is 689. The molecule has 2 aromatic rings. The second kappa shape index (κ2) is 9.22. The number of hydrogen-bond acceptors (Lipinski definition) is 4. The van der Waals surface area contributed by atoms with E-state index in [0.717, 1.165) is 22.6 Å². The van der Waals surface area contributed by atoms with E-state index in [9.17, 15) is 0 Å².